The predicted octanol–water partition coefficient (Wildman–Crippen LogP) is 0.169. The Morgan fingerprint density at radius 2 is 1.81 bits per heavy atom. The summed E-state index contributed by atoms with van der Waals surface area (Å²) < 4.78 is 34.6. The summed E-state index contributed by atoms with van der Waals surface area (Å²) in [6, 6.07) is 5.69. The second kappa shape index (κ2) is 7.96. The summed E-state index contributed by atoms with van der Waals surface area (Å²) in [6.07, 6.45) is 0. The van der Waals surface area contributed by atoms with Crippen LogP contribution in [-0.4, -0.2) is 80.2 Å². The third kappa shape index (κ3) is 3.57. The Kier molecular flexibility index (Phi) is 6.54. The second-order valence-corrected chi connectivity index (χ2v) is 6.93. The second-order valence-electron chi connectivity index (χ2n) is 5.51. The monoisotopic (exact) mass is 406 g/mol. The first-order valence-electron chi connectivity index (χ1n) is 7.76. The molecule has 0 fully saturated rings. The van der Waals surface area contributed by atoms with Gasteiger partial charge in [0.25, 0.3) is 15.7 Å². The summed E-state index contributed by atoms with van der Waals surface area (Å²) in [7, 11) is -4.36. The van der Waals surface area contributed by atoms with Crippen molar-refractivity contribution in [3.05, 3.63) is 45.1 Å². The molecule has 0 saturated heterocycles. The molecule has 0 spiro atoms. The molecule has 2 N–H and O–H groups in total. The summed E-state index contributed by atoms with van der Waals surface area (Å²) in [4.78, 5) is 26.4. The third-order valence-corrected chi connectivity index (χ3v) is 4.98. The van der Waals surface area contributed by atoms with Gasteiger partial charge in [0.15, 0.2) is 0 Å². The van der Waals surface area contributed by atoms with Gasteiger partial charge in [0.2, 0.25) is 0 Å². The number of rotatable bonds is 4. The Bertz CT molecular complexity index is 1060. The molecular weight excluding hydrogens is 387 g/mol. The molecule has 0 aliphatic carbocycles. The molecule has 1 aliphatic heterocycles. The van der Waals surface area contributed by atoms with Gasteiger partial charge in [-0.1, -0.05) is 6.07 Å². The molecule has 0 radical (unpaired) electrons. The van der Waals surface area contributed by atoms with Gasteiger partial charge in [-0.05, 0) is 32.0 Å². The topological polar surface area (TPSA) is 114 Å². The summed E-state index contributed by atoms with van der Waals surface area (Å²) in [5, 5.41) is 2.97. The Balaban J connectivity index is 0.00000243. The van der Waals surface area contributed by atoms with E-state index in [9.17, 15) is 22.6 Å². The van der Waals surface area contributed by atoms with Gasteiger partial charge in [-0.3, -0.25) is 18.5 Å². The van der Waals surface area contributed by atoms with Crippen LogP contribution in [-0.2, 0) is 23.2 Å². The zero-order valence-electron chi connectivity index (χ0n) is 13.8. The number of hydrogen-bond donors (Lipinski definition) is 2. The molecule has 9 nitrogen and oxygen atoms in total. The van der Waals surface area contributed by atoms with Crippen LogP contribution in [0.15, 0.2) is 38.8 Å². The first kappa shape index (κ1) is 21.3. The molecule has 1 aromatic heterocycles. The Labute approximate surface area is 192 Å². The first-order chi connectivity index (χ1) is 11.8. The Morgan fingerprint density at radius 3 is 2.38 bits per heavy atom. The first-order valence-corrected chi connectivity index (χ1v) is 9.20. The van der Waals surface area contributed by atoms with Gasteiger partial charge in [0.05, 0.1) is 11.6 Å². The molecular formula is C15H19KN4O5S. The molecule has 0 saturated carbocycles. The normalized spacial score (nSPS) is 13.1. The fraction of sp³-hybridized carbons (Fsp3) is 0.333. The molecule has 0 bridgehead atoms. The summed E-state index contributed by atoms with van der Waals surface area (Å²) in [6.45, 7) is 4.31. The van der Waals surface area contributed by atoms with Crippen molar-refractivity contribution in [2.45, 2.75) is 31.8 Å². The van der Waals surface area contributed by atoms with Gasteiger partial charge in [0.1, 0.15) is 11.5 Å². The van der Waals surface area contributed by atoms with E-state index in [2.05, 4.69) is 5.32 Å². The molecule has 3 rings (SSSR count). The van der Waals surface area contributed by atoms with E-state index in [0.29, 0.717) is 23.7 Å². The van der Waals surface area contributed by atoms with Gasteiger partial charge in [-0.25, -0.2) is 4.79 Å². The summed E-state index contributed by atoms with van der Waals surface area (Å²) in [5.41, 5.74) is -0.105. The molecule has 2 heterocycles. The maximum atomic E-state index is 12.6. The summed E-state index contributed by atoms with van der Waals surface area (Å²) >= 11 is 0. The standard InChI is InChI=1S/C15H18N4O5S.K.H/c1-3-17-13-12(14(20)18(4-2)15(17)21)16-9-19(13)10-6-5-7-11(8-10)25(22,23)24;;/h5-8,16H,3-4,9H2,1-2H3,(H,22,23,24);;. The van der Waals surface area contributed by atoms with E-state index in [4.69, 9.17) is 0 Å². The van der Waals surface area contributed by atoms with E-state index in [1.54, 1.807) is 24.8 Å². The SMILES string of the molecule is CCn1c2c(c(=O)n(CC)c1=O)NCN2c1cccc(S(=O)(=O)O)c1.[KH]. The quantitative estimate of drug-likeness (QED) is 0.549. The van der Waals surface area contributed by atoms with Crippen LogP contribution < -0.4 is 21.5 Å². The molecule has 0 atom stereocenters. The molecule has 0 amide bonds. The number of benzene rings is 1. The van der Waals surface area contributed by atoms with Crippen molar-refractivity contribution in [2.24, 2.45) is 0 Å². The van der Waals surface area contributed by atoms with Crippen LogP contribution in [0.3, 0.4) is 0 Å². The minimum absolute atomic E-state index is 0. The van der Waals surface area contributed by atoms with Crippen LogP contribution in [0.4, 0.5) is 17.2 Å². The van der Waals surface area contributed by atoms with E-state index >= 15 is 0 Å². The zero-order chi connectivity index (χ0) is 18.4. The maximum absolute atomic E-state index is 12.6. The summed E-state index contributed by atoms with van der Waals surface area (Å²) in [5.74, 6) is 0.384. The number of nitrogens with one attached hydrogen (secondary N) is 1. The van der Waals surface area contributed by atoms with Crippen LogP contribution in [0, 0.1) is 0 Å². The fourth-order valence-electron chi connectivity index (χ4n) is 2.95. The molecule has 1 aromatic carbocycles. The van der Waals surface area contributed by atoms with Gasteiger partial charge < -0.3 is 10.2 Å². The van der Waals surface area contributed by atoms with E-state index in [0.717, 1.165) is 4.57 Å². The number of hydrogen-bond acceptors (Lipinski definition) is 6. The number of fused-ring (bicyclic) bond motifs is 1. The Hall–Kier alpha value is -0.954. The fourth-order valence-corrected chi connectivity index (χ4v) is 3.47. The van der Waals surface area contributed by atoms with E-state index in [1.165, 1.54) is 22.8 Å². The van der Waals surface area contributed by atoms with Crippen LogP contribution >= 0.6 is 0 Å². The minimum atomic E-state index is -4.36. The number of anilines is 3. The zero-order valence-corrected chi connectivity index (χ0v) is 14.6. The number of nitrogens with zero attached hydrogens (tertiary/aromatic N) is 3. The van der Waals surface area contributed by atoms with Crippen LogP contribution in [0.1, 0.15) is 13.8 Å². The molecule has 0 unspecified atom stereocenters. The van der Waals surface area contributed by atoms with Crippen molar-refractivity contribution in [1.82, 2.24) is 9.13 Å². The van der Waals surface area contributed by atoms with Crippen molar-refractivity contribution >= 4 is 78.7 Å². The van der Waals surface area contributed by atoms with Gasteiger partial charge >= 0.3 is 57.1 Å². The molecule has 26 heavy (non-hydrogen) atoms. The average molecular weight is 407 g/mol. The molecule has 136 valence electrons. The van der Waals surface area contributed by atoms with Crippen molar-refractivity contribution in [3.63, 3.8) is 0 Å². The van der Waals surface area contributed by atoms with Gasteiger partial charge in [0, 0.05) is 18.8 Å². The average Bonchev–Trinajstić information content (AvgIpc) is 3.00. The van der Waals surface area contributed by atoms with Crippen molar-refractivity contribution < 1.29 is 13.0 Å². The third-order valence-electron chi connectivity index (χ3n) is 4.13. The van der Waals surface area contributed by atoms with Gasteiger partial charge in [-0.2, -0.15) is 8.42 Å². The van der Waals surface area contributed by atoms with E-state index in [-0.39, 0.29) is 69.5 Å². The number of aromatic nitrogens is 2. The van der Waals surface area contributed by atoms with Crippen molar-refractivity contribution in [2.75, 3.05) is 16.9 Å². The molecule has 11 heteroatoms. The van der Waals surface area contributed by atoms with Crippen molar-refractivity contribution in [1.29, 1.82) is 0 Å². The van der Waals surface area contributed by atoms with Crippen LogP contribution in [0.25, 0.3) is 0 Å². The van der Waals surface area contributed by atoms with Crippen molar-refractivity contribution in [3.8, 4) is 0 Å². The van der Waals surface area contributed by atoms with Crippen LogP contribution in [0.2, 0.25) is 0 Å². The van der Waals surface area contributed by atoms with Crippen LogP contribution in [0.5, 0.6) is 0 Å². The molecule has 2 aromatic rings. The Morgan fingerprint density at radius 1 is 1.15 bits per heavy atom. The molecule has 1 aliphatic rings. The predicted molar refractivity (Wildman–Crippen MR) is 100 cm³/mol. The van der Waals surface area contributed by atoms with E-state index < -0.39 is 21.4 Å². The van der Waals surface area contributed by atoms with Gasteiger partial charge in [-0.15, -0.1) is 0 Å². The van der Waals surface area contributed by atoms with E-state index in [1.807, 2.05) is 0 Å².